The summed E-state index contributed by atoms with van der Waals surface area (Å²) >= 11 is 3.53. The molecule has 3 heteroatoms. The molecule has 1 nitrogen and oxygen atoms in total. The first-order valence-electron chi connectivity index (χ1n) is 9.50. The number of rotatable bonds is 16. The molecule has 0 aromatic carbocycles. The van der Waals surface area contributed by atoms with Crippen molar-refractivity contribution in [2.45, 2.75) is 90.4 Å². The summed E-state index contributed by atoms with van der Waals surface area (Å²) in [5, 5.41) is 1.15. The van der Waals surface area contributed by atoms with Gasteiger partial charge in [0.05, 0.1) is 27.2 Å². The third-order valence-electron chi connectivity index (χ3n) is 4.51. The Balaban J connectivity index is 0. The normalized spacial score (nSPS) is 11.5. The summed E-state index contributed by atoms with van der Waals surface area (Å²) in [6.45, 7) is 4.95. The van der Waals surface area contributed by atoms with Crippen LogP contribution in [0.4, 0.5) is 0 Å². The Labute approximate surface area is 155 Å². The molecule has 0 rings (SSSR count). The second-order valence-electron chi connectivity index (χ2n) is 7.31. The first kappa shape index (κ1) is 25.0. The average Bonchev–Trinajstić information content (AvgIpc) is 2.46. The summed E-state index contributed by atoms with van der Waals surface area (Å²) in [7, 11) is 4.75. The van der Waals surface area contributed by atoms with Crippen molar-refractivity contribution in [3.63, 3.8) is 0 Å². The van der Waals surface area contributed by atoms with Gasteiger partial charge < -0.3 is 16.9 Å². The molecule has 0 aromatic rings. The first-order chi connectivity index (χ1) is 10.1. The minimum atomic E-state index is 0. The van der Waals surface area contributed by atoms with Crippen LogP contribution in [0.25, 0.3) is 0 Å². The van der Waals surface area contributed by atoms with Gasteiger partial charge in [0, 0.05) is 11.8 Å². The quantitative estimate of drug-likeness (QED) is 0.212. The zero-order valence-corrected chi connectivity index (χ0v) is 17.9. The second-order valence-corrected chi connectivity index (χ2v) is 8.11. The molecule has 0 saturated heterocycles. The van der Waals surface area contributed by atoms with Crippen LogP contribution in [0.3, 0.4) is 0 Å². The maximum atomic E-state index is 3.53. The van der Waals surface area contributed by atoms with Crippen molar-refractivity contribution in [1.82, 2.24) is 0 Å². The predicted molar refractivity (Wildman–Crippen MR) is 101 cm³/mol. The standard InChI is InChI=1S/C19H41BrN.ClH/c1-4-5-6-7-8-9-10-11-12-13-14-15-18-21(2,3)19-16-17-20;/h4-19H2,1-3H3;1H/q+1;/p-1. The van der Waals surface area contributed by atoms with E-state index in [-0.39, 0.29) is 12.4 Å². The number of quaternary nitrogens is 1. The first-order valence-corrected chi connectivity index (χ1v) is 10.6. The molecule has 0 unspecified atom stereocenters. The molecule has 22 heavy (non-hydrogen) atoms. The molecule has 0 heterocycles. The number of halogens is 2. The zero-order chi connectivity index (χ0) is 15.8. The summed E-state index contributed by atoms with van der Waals surface area (Å²) < 4.78 is 1.20. The SMILES string of the molecule is CCCCCCCCCCCCCC[N+](C)(C)CCCBr.[Cl-]. The highest BCUT2D eigenvalue weighted by atomic mass is 79.9. The number of hydrogen-bond acceptors (Lipinski definition) is 0. The van der Waals surface area contributed by atoms with E-state index in [4.69, 9.17) is 0 Å². The van der Waals surface area contributed by atoms with Gasteiger partial charge in [0.1, 0.15) is 0 Å². The molecule has 0 amide bonds. The van der Waals surface area contributed by atoms with Crippen LogP contribution in [-0.2, 0) is 0 Å². The fourth-order valence-electron chi connectivity index (χ4n) is 2.98. The summed E-state index contributed by atoms with van der Waals surface area (Å²) in [6, 6.07) is 0. The van der Waals surface area contributed by atoms with Crippen LogP contribution in [0.15, 0.2) is 0 Å². The van der Waals surface area contributed by atoms with E-state index in [1.54, 1.807) is 0 Å². The van der Waals surface area contributed by atoms with Crippen LogP contribution in [0.5, 0.6) is 0 Å². The lowest BCUT2D eigenvalue weighted by molar-refractivity contribution is -0.890. The minimum absolute atomic E-state index is 0. The Morgan fingerprint density at radius 1 is 0.591 bits per heavy atom. The Kier molecular flexibility index (Phi) is 20.5. The maximum Gasteiger partial charge on any atom is 0.0790 e. The van der Waals surface area contributed by atoms with Gasteiger partial charge in [-0.3, -0.25) is 0 Å². The highest BCUT2D eigenvalue weighted by Gasteiger charge is 2.12. The van der Waals surface area contributed by atoms with Gasteiger partial charge in [0.2, 0.25) is 0 Å². The average molecular weight is 399 g/mol. The molecular weight excluding hydrogens is 358 g/mol. The van der Waals surface area contributed by atoms with E-state index in [0.717, 1.165) is 5.33 Å². The number of hydrogen-bond donors (Lipinski definition) is 0. The molecule has 0 bridgehead atoms. The van der Waals surface area contributed by atoms with E-state index in [9.17, 15) is 0 Å². The highest BCUT2D eigenvalue weighted by Crippen LogP contribution is 2.13. The van der Waals surface area contributed by atoms with Crippen LogP contribution in [0.2, 0.25) is 0 Å². The van der Waals surface area contributed by atoms with Gasteiger partial charge in [-0.1, -0.05) is 87.1 Å². The van der Waals surface area contributed by atoms with Gasteiger partial charge in [-0.2, -0.15) is 0 Å². The molecule has 0 aliphatic heterocycles. The lowest BCUT2D eigenvalue weighted by Crippen LogP contribution is -3.00. The summed E-state index contributed by atoms with van der Waals surface area (Å²) in [5.41, 5.74) is 0. The van der Waals surface area contributed by atoms with Crippen LogP contribution in [0.1, 0.15) is 90.4 Å². The molecule has 0 spiro atoms. The lowest BCUT2D eigenvalue weighted by Gasteiger charge is -2.29. The summed E-state index contributed by atoms with van der Waals surface area (Å²) in [5.74, 6) is 0. The third-order valence-corrected chi connectivity index (χ3v) is 5.07. The second kappa shape index (κ2) is 18.1. The van der Waals surface area contributed by atoms with Gasteiger partial charge in [-0.05, 0) is 12.8 Å². The molecule has 0 aliphatic carbocycles. The Hall–Kier alpha value is 0.730. The largest absolute Gasteiger partial charge is 1.00 e. The van der Waals surface area contributed by atoms with Crippen molar-refractivity contribution >= 4 is 15.9 Å². The topological polar surface area (TPSA) is 0 Å². The van der Waals surface area contributed by atoms with Crippen LogP contribution >= 0.6 is 15.9 Å². The van der Waals surface area contributed by atoms with E-state index >= 15 is 0 Å². The van der Waals surface area contributed by atoms with Crippen molar-refractivity contribution < 1.29 is 16.9 Å². The Morgan fingerprint density at radius 3 is 1.36 bits per heavy atom. The van der Waals surface area contributed by atoms with Crippen LogP contribution < -0.4 is 12.4 Å². The fourth-order valence-corrected chi connectivity index (χ4v) is 3.23. The molecule has 0 N–H and O–H groups in total. The van der Waals surface area contributed by atoms with Gasteiger partial charge in [0.15, 0.2) is 0 Å². The fraction of sp³-hybridized carbons (Fsp3) is 1.00. The molecule has 0 aromatic heterocycles. The maximum absolute atomic E-state index is 3.53. The summed E-state index contributed by atoms with van der Waals surface area (Å²) in [6.07, 6.45) is 18.7. The molecule has 136 valence electrons. The van der Waals surface area contributed by atoms with E-state index in [0.29, 0.717) is 0 Å². The van der Waals surface area contributed by atoms with Crippen molar-refractivity contribution in [1.29, 1.82) is 0 Å². The zero-order valence-electron chi connectivity index (χ0n) is 15.5. The molecular formula is C19H41BrClN. The predicted octanol–water partition coefficient (Wildman–Crippen LogP) is 3.55. The number of unbranched alkanes of at least 4 members (excludes halogenated alkanes) is 11. The lowest BCUT2D eigenvalue weighted by atomic mass is 10.1. The van der Waals surface area contributed by atoms with Crippen LogP contribution in [-0.4, -0.2) is 37.0 Å². The highest BCUT2D eigenvalue weighted by molar-refractivity contribution is 9.09. The van der Waals surface area contributed by atoms with Gasteiger partial charge in [0.25, 0.3) is 0 Å². The molecule has 0 aliphatic rings. The van der Waals surface area contributed by atoms with Crippen molar-refractivity contribution in [3.8, 4) is 0 Å². The molecule has 0 atom stereocenters. The smallest absolute Gasteiger partial charge is 0.0790 e. The van der Waals surface area contributed by atoms with E-state index < -0.39 is 0 Å². The number of nitrogens with zero attached hydrogens (tertiary/aromatic N) is 1. The molecule has 0 fully saturated rings. The van der Waals surface area contributed by atoms with Crippen molar-refractivity contribution in [2.75, 3.05) is 32.5 Å². The summed E-state index contributed by atoms with van der Waals surface area (Å²) in [4.78, 5) is 0. The monoisotopic (exact) mass is 397 g/mol. The Morgan fingerprint density at radius 2 is 0.955 bits per heavy atom. The van der Waals surface area contributed by atoms with Crippen molar-refractivity contribution in [2.24, 2.45) is 0 Å². The van der Waals surface area contributed by atoms with Crippen molar-refractivity contribution in [3.05, 3.63) is 0 Å². The van der Waals surface area contributed by atoms with Gasteiger partial charge in [-0.25, -0.2) is 0 Å². The number of alkyl halides is 1. The van der Waals surface area contributed by atoms with Gasteiger partial charge >= 0.3 is 0 Å². The third kappa shape index (κ3) is 18.8. The van der Waals surface area contributed by atoms with E-state index in [2.05, 4.69) is 36.9 Å². The van der Waals surface area contributed by atoms with E-state index in [1.165, 1.54) is 101 Å². The molecule has 0 radical (unpaired) electrons. The van der Waals surface area contributed by atoms with Gasteiger partial charge in [-0.15, -0.1) is 0 Å². The minimum Gasteiger partial charge on any atom is -1.00 e. The van der Waals surface area contributed by atoms with E-state index in [1.807, 2.05) is 0 Å². The molecule has 0 saturated carbocycles. The Bertz CT molecular complexity index is 210. The van der Waals surface area contributed by atoms with Crippen LogP contribution in [0, 0.1) is 0 Å².